The first-order chi connectivity index (χ1) is 12.3. The molecule has 0 amide bonds. The van der Waals surface area contributed by atoms with Gasteiger partial charge in [0.05, 0.1) is 16.8 Å². The van der Waals surface area contributed by atoms with Crippen LogP contribution in [0.4, 0.5) is 21.6 Å². The van der Waals surface area contributed by atoms with Crippen molar-refractivity contribution in [3.8, 4) is 0 Å². The molecule has 0 bridgehead atoms. The Balaban J connectivity index is 1.74. The number of nitrogens with zero attached hydrogens (tertiary/aromatic N) is 1. The van der Waals surface area contributed by atoms with E-state index in [9.17, 15) is 12.8 Å². The zero-order valence-corrected chi connectivity index (χ0v) is 15.1. The lowest BCUT2D eigenvalue weighted by atomic mass is 10.1. The van der Waals surface area contributed by atoms with Gasteiger partial charge >= 0.3 is 0 Å². The number of halogens is 1. The second-order valence-electron chi connectivity index (χ2n) is 5.93. The summed E-state index contributed by atoms with van der Waals surface area (Å²) in [4.78, 5) is 4.21. The topological polar surface area (TPSA) is 71.1 Å². The van der Waals surface area contributed by atoms with Crippen molar-refractivity contribution in [2.75, 3.05) is 10.0 Å². The van der Waals surface area contributed by atoms with Gasteiger partial charge in [0.2, 0.25) is 0 Å². The van der Waals surface area contributed by atoms with E-state index in [1.165, 1.54) is 23.9 Å². The standard InChI is InChI=1S/C19H18FN3O2S/c1-13-3-9-18(14(2)11-13)22-19-10-6-16(12-21-19)23-26(24,25)17-7-4-15(20)5-8-17/h3-12,23H,1-2H3,(H,21,22). The number of anilines is 3. The van der Waals surface area contributed by atoms with Gasteiger partial charge in [0, 0.05) is 5.69 Å². The third-order valence-corrected chi connectivity index (χ3v) is 5.18. The van der Waals surface area contributed by atoms with Gasteiger partial charge in [0.15, 0.2) is 0 Å². The number of aryl methyl sites for hydroxylation is 2. The van der Waals surface area contributed by atoms with E-state index in [-0.39, 0.29) is 4.90 Å². The Morgan fingerprint density at radius 1 is 0.962 bits per heavy atom. The lowest BCUT2D eigenvalue weighted by Crippen LogP contribution is -2.13. The van der Waals surface area contributed by atoms with Gasteiger partial charge in [-0.15, -0.1) is 0 Å². The molecule has 0 unspecified atom stereocenters. The maximum atomic E-state index is 12.9. The highest BCUT2D eigenvalue weighted by Gasteiger charge is 2.14. The molecule has 0 atom stereocenters. The van der Waals surface area contributed by atoms with E-state index in [1.807, 2.05) is 26.0 Å². The first-order valence-corrected chi connectivity index (χ1v) is 9.40. The van der Waals surface area contributed by atoms with Crippen LogP contribution in [-0.2, 0) is 10.0 Å². The van der Waals surface area contributed by atoms with Crippen LogP contribution in [0, 0.1) is 19.7 Å². The molecule has 2 aromatic carbocycles. The Labute approximate surface area is 152 Å². The molecule has 0 aliphatic carbocycles. The number of aromatic nitrogens is 1. The van der Waals surface area contributed by atoms with E-state index < -0.39 is 15.8 Å². The molecular weight excluding hydrogens is 353 g/mol. The van der Waals surface area contributed by atoms with E-state index in [4.69, 9.17) is 0 Å². The molecule has 0 aliphatic rings. The van der Waals surface area contributed by atoms with Crippen molar-refractivity contribution in [1.29, 1.82) is 0 Å². The molecule has 0 radical (unpaired) electrons. The molecule has 0 spiro atoms. The van der Waals surface area contributed by atoms with E-state index >= 15 is 0 Å². The Kier molecular flexibility index (Phi) is 4.90. The monoisotopic (exact) mass is 371 g/mol. The third kappa shape index (κ3) is 4.18. The number of benzene rings is 2. The Bertz CT molecular complexity index is 1020. The maximum absolute atomic E-state index is 12.9. The largest absolute Gasteiger partial charge is 0.340 e. The summed E-state index contributed by atoms with van der Waals surface area (Å²) < 4.78 is 39.9. The maximum Gasteiger partial charge on any atom is 0.261 e. The van der Waals surface area contributed by atoms with Gasteiger partial charge in [-0.25, -0.2) is 17.8 Å². The molecule has 1 heterocycles. The smallest absolute Gasteiger partial charge is 0.261 e. The summed E-state index contributed by atoms with van der Waals surface area (Å²) in [6.07, 6.45) is 1.42. The number of hydrogen-bond donors (Lipinski definition) is 2. The molecule has 0 fully saturated rings. The summed E-state index contributed by atoms with van der Waals surface area (Å²) >= 11 is 0. The summed E-state index contributed by atoms with van der Waals surface area (Å²) in [5.41, 5.74) is 3.52. The van der Waals surface area contributed by atoms with Gasteiger partial charge in [0.25, 0.3) is 10.0 Å². The molecule has 0 saturated heterocycles. The van der Waals surface area contributed by atoms with Crippen molar-refractivity contribution < 1.29 is 12.8 Å². The van der Waals surface area contributed by atoms with Crippen LogP contribution in [0.5, 0.6) is 0 Å². The van der Waals surface area contributed by atoms with Crippen molar-refractivity contribution in [2.45, 2.75) is 18.7 Å². The highest BCUT2D eigenvalue weighted by molar-refractivity contribution is 7.92. The van der Waals surface area contributed by atoms with Gasteiger partial charge in [-0.3, -0.25) is 4.72 Å². The molecule has 0 saturated carbocycles. The first kappa shape index (κ1) is 17.9. The Morgan fingerprint density at radius 2 is 1.69 bits per heavy atom. The number of hydrogen-bond acceptors (Lipinski definition) is 4. The first-order valence-electron chi connectivity index (χ1n) is 7.92. The van der Waals surface area contributed by atoms with Crippen molar-refractivity contribution >= 4 is 27.2 Å². The molecule has 5 nitrogen and oxygen atoms in total. The van der Waals surface area contributed by atoms with Gasteiger partial charge < -0.3 is 5.32 Å². The minimum Gasteiger partial charge on any atom is -0.340 e. The minimum absolute atomic E-state index is 0.0172. The fourth-order valence-corrected chi connectivity index (χ4v) is 3.49. The summed E-state index contributed by atoms with van der Waals surface area (Å²) in [5.74, 6) is 0.106. The molecule has 134 valence electrons. The predicted molar refractivity (Wildman–Crippen MR) is 101 cm³/mol. The Hall–Kier alpha value is -2.93. The van der Waals surface area contributed by atoms with Gasteiger partial charge in [-0.2, -0.15) is 0 Å². The normalized spacial score (nSPS) is 11.2. The predicted octanol–water partition coefficient (Wildman–Crippen LogP) is 4.38. The lowest BCUT2D eigenvalue weighted by molar-refractivity contribution is 0.599. The fourth-order valence-electron chi connectivity index (χ4n) is 2.45. The average molecular weight is 371 g/mol. The van der Waals surface area contributed by atoms with Gasteiger partial charge in [-0.1, -0.05) is 17.7 Å². The molecule has 1 aromatic heterocycles. The summed E-state index contributed by atoms with van der Waals surface area (Å²) in [6, 6.07) is 13.9. The van der Waals surface area contributed by atoms with Crippen LogP contribution in [0.1, 0.15) is 11.1 Å². The molecule has 0 aliphatic heterocycles. The van der Waals surface area contributed by atoms with Crippen molar-refractivity contribution in [2.24, 2.45) is 0 Å². The van der Waals surface area contributed by atoms with Crippen LogP contribution in [-0.4, -0.2) is 13.4 Å². The minimum atomic E-state index is -3.79. The number of nitrogens with one attached hydrogen (secondary N) is 2. The second kappa shape index (κ2) is 7.13. The summed E-state index contributed by atoms with van der Waals surface area (Å²) in [7, 11) is -3.79. The second-order valence-corrected chi connectivity index (χ2v) is 7.62. The third-order valence-electron chi connectivity index (χ3n) is 3.78. The van der Waals surface area contributed by atoms with E-state index in [0.717, 1.165) is 23.4 Å². The zero-order valence-electron chi connectivity index (χ0n) is 14.3. The molecule has 26 heavy (non-hydrogen) atoms. The highest BCUT2D eigenvalue weighted by Crippen LogP contribution is 2.22. The molecule has 3 rings (SSSR count). The van der Waals surface area contributed by atoms with E-state index in [1.54, 1.807) is 12.1 Å². The van der Waals surface area contributed by atoms with Crippen LogP contribution in [0.15, 0.2) is 65.7 Å². The zero-order chi connectivity index (χ0) is 18.7. The number of pyridine rings is 1. The van der Waals surface area contributed by atoms with Gasteiger partial charge in [-0.05, 0) is 61.9 Å². The highest BCUT2D eigenvalue weighted by atomic mass is 32.2. The molecule has 2 N–H and O–H groups in total. The van der Waals surface area contributed by atoms with Crippen LogP contribution in [0.25, 0.3) is 0 Å². The van der Waals surface area contributed by atoms with Crippen molar-refractivity contribution in [3.05, 3.63) is 77.7 Å². The van der Waals surface area contributed by atoms with Crippen LogP contribution < -0.4 is 10.0 Å². The van der Waals surface area contributed by atoms with Crippen LogP contribution in [0.3, 0.4) is 0 Å². The number of rotatable bonds is 5. The molecular formula is C19H18FN3O2S. The SMILES string of the molecule is Cc1ccc(Nc2ccc(NS(=O)(=O)c3ccc(F)cc3)cn2)c(C)c1. The van der Waals surface area contributed by atoms with Gasteiger partial charge in [0.1, 0.15) is 11.6 Å². The van der Waals surface area contributed by atoms with Crippen molar-refractivity contribution in [1.82, 2.24) is 4.98 Å². The molecule has 3 aromatic rings. The van der Waals surface area contributed by atoms with E-state index in [2.05, 4.69) is 21.1 Å². The average Bonchev–Trinajstić information content (AvgIpc) is 2.59. The van der Waals surface area contributed by atoms with Crippen LogP contribution in [0.2, 0.25) is 0 Å². The van der Waals surface area contributed by atoms with Crippen LogP contribution >= 0.6 is 0 Å². The number of sulfonamides is 1. The fraction of sp³-hybridized carbons (Fsp3) is 0.105. The van der Waals surface area contributed by atoms with E-state index in [0.29, 0.717) is 11.5 Å². The molecule has 7 heteroatoms. The summed E-state index contributed by atoms with van der Waals surface area (Å²) in [5, 5.41) is 3.20. The lowest BCUT2D eigenvalue weighted by Gasteiger charge is -2.11. The quantitative estimate of drug-likeness (QED) is 0.698. The Morgan fingerprint density at radius 3 is 2.31 bits per heavy atom. The summed E-state index contributed by atoms with van der Waals surface area (Å²) in [6.45, 7) is 4.03. The van der Waals surface area contributed by atoms with Crippen molar-refractivity contribution in [3.63, 3.8) is 0 Å².